The van der Waals surface area contributed by atoms with Crippen molar-refractivity contribution in [3.8, 4) is 0 Å². The molecule has 0 aliphatic carbocycles. The van der Waals surface area contributed by atoms with Crippen LogP contribution in [0.3, 0.4) is 0 Å². The fraction of sp³-hybridized carbons (Fsp3) is 1.00. The van der Waals surface area contributed by atoms with Crippen molar-refractivity contribution < 1.29 is 0 Å². The Hall–Kier alpha value is -0.120. The molecule has 3 nitrogen and oxygen atoms in total. The van der Waals surface area contributed by atoms with Gasteiger partial charge in [-0.2, -0.15) is 0 Å². The van der Waals surface area contributed by atoms with E-state index in [-0.39, 0.29) is 11.0 Å². The molecular formula is C15H33N3. The third-order valence-electron chi connectivity index (χ3n) is 5.02. The van der Waals surface area contributed by atoms with E-state index in [0.29, 0.717) is 0 Å². The van der Waals surface area contributed by atoms with Gasteiger partial charge in [-0.15, -0.1) is 0 Å². The monoisotopic (exact) mass is 255 g/mol. The van der Waals surface area contributed by atoms with E-state index >= 15 is 0 Å². The number of nitrogens with two attached hydrogens (primary N) is 1. The molecule has 18 heavy (non-hydrogen) atoms. The Morgan fingerprint density at radius 1 is 1.17 bits per heavy atom. The molecule has 0 radical (unpaired) electrons. The molecule has 0 bridgehead atoms. The van der Waals surface area contributed by atoms with Gasteiger partial charge in [0.1, 0.15) is 0 Å². The highest BCUT2D eigenvalue weighted by Crippen LogP contribution is 2.30. The summed E-state index contributed by atoms with van der Waals surface area (Å²) in [7, 11) is 2.26. The van der Waals surface area contributed by atoms with Gasteiger partial charge in [0.15, 0.2) is 0 Å². The Bertz CT molecular complexity index is 247. The Morgan fingerprint density at radius 2 is 1.67 bits per heavy atom. The second-order valence-corrected chi connectivity index (χ2v) is 7.19. The summed E-state index contributed by atoms with van der Waals surface area (Å²) < 4.78 is 0. The number of rotatable bonds is 5. The Balaban J connectivity index is 2.49. The molecule has 0 aromatic carbocycles. The zero-order valence-corrected chi connectivity index (χ0v) is 13.3. The lowest BCUT2D eigenvalue weighted by molar-refractivity contribution is 0.0706. The van der Waals surface area contributed by atoms with E-state index in [2.05, 4.69) is 51.5 Å². The predicted molar refractivity (Wildman–Crippen MR) is 79.8 cm³/mol. The van der Waals surface area contributed by atoms with Crippen LogP contribution in [0.2, 0.25) is 0 Å². The van der Waals surface area contributed by atoms with Gasteiger partial charge in [-0.05, 0) is 58.8 Å². The minimum absolute atomic E-state index is 0.134. The molecule has 0 saturated carbocycles. The zero-order chi connectivity index (χ0) is 14.0. The quantitative estimate of drug-likeness (QED) is 0.817. The second-order valence-electron chi connectivity index (χ2n) is 7.19. The van der Waals surface area contributed by atoms with E-state index in [1.54, 1.807) is 0 Å². The maximum Gasteiger partial charge on any atom is 0.0161 e. The molecule has 2 N–H and O–H groups in total. The minimum atomic E-state index is -0.134. The van der Waals surface area contributed by atoms with E-state index in [9.17, 15) is 0 Å². The first kappa shape index (κ1) is 15.9. The van der Waals surface area contributed by atoms with Crippen molar-refractivity contribution in [1.82, 2.24) is 9.80 Å². The van der Waals surface area contributed by atoms with Gasteiger partial charge in [0.25, 0.3) is 0 Å². The van der Waals surface area contributed by atoms with Crippen molar-refractivity contribution in [2.24, 2.45) is 11.1 Å². The maximum absolute atomic E-state index is 6.30. The summed E-state index contributed by atoms with van der Waals surface area (Å²) in [6, 6.07) is 0.731. The highest BCUT2D eigenvalue weighted by molar-refractivity contribution is 4.93. The molecule has 1 aliphatic rings. The van der Waals surface area contributed by atoms with Crippen LogP contribution >= 0.6 is 0 Å². The molecule has 0 amide bonds. The molecule has 0 aromatic heterocycles. The van der Waals surface area contributed by atoms with Crippen molar-refractivity contribution in [3.63, 3.8) is 0 Å². The topological polar surface area (TPSA) is 32.5 Å². The number of piperidine rings is 1. The molecule has 1 fully saturated rings. The van der Waals surface area contributed by atoms with Gasteiger partial charge in [-0.25, -0.2) is 0 Å². The fourth-order valence-corrected chi connectivity index (χ4v) is 2.63. The van der Waals surface area contributed by atoms with Gasteiger partial charge < -0.3 is 15.5 Å². The van der Waals surface area contributed by atoms with E-state index in [0.717, 1.165) is 12.6 Å². The number of nitrogens with zero attached hydrogens (tertiary/aromatic N) is 2. The molecule has 0 atom stereocenters. The average Bonchev–Trinajstić information content (AvgIpc) is 2.27. The molecule has 1 aliphatic heterocycles. The van der Waals surface area contributed by atoms with Crippen molar-refractivity contribution in [2.45, 2.75) is 59.0 Å². The summed E-state index contributed by atoms with van der Waals surface area (Å²) >= 11 is 0. The molecule has 108 valence electrons. The van der Waals surface area contributed by atoms with Crippen LogP contribution in [0.5, 0.6) is 0 Å². The van der Waals surface area contributed by atoms with E-state index in [1.165, 1.54) is 32.5 Å². The average molecular weight is 255 g/mol. The number of hydrogen-bond acceptors (Lipinski definition) is 3. The third kappa shape index (κ3) is 3.94. The van der Waals surface area contributed by atoms with Crippen molar-refractivity contribution >= 4 is 0 Å². The van der Waals surface area contributed by atoms with Crippen LogP contribution in [-0.2, 0) is 0 Å². The molecule has 1 rings (SSSR count). The highest BCUT2D eigenvalue weighted by atomic mass is 15.2. The van der Waals surface area contributed by atoms with Crippen LogP contribution in [-0.4, -0.2) is 54.6 Å². The number of likely N-dealkylation sites (tertiary alicyclic amines) is 1. The van der Waals surface area contributed by atoms with E-state index < -0.39 is 0 Å². The minimum Gasteiger partial charge on any atom is -0.325 e. The van der Waals surface area contributed by atoms with Crippen LogP contribution in [0.15, 0.2) is 0 Å². The third-order valence-corrected chi connectivity index (χ3v) is 5.02. The largest absolute Gasteiger partial charge is 0.325 e. The standard InChI is InChI=1S/C15H33N3/c1-7-18-10-8-13(9-11-18)17(6)12-14(2,3)15(4,5)16/h13H,7-12,16H2,1-6H3. The van der Waals surface area contributed by atoms with Gasteiger partial charge in [0.05, 0.1) is 0 Å². The fourth-order valence-electron chi connectivity index (χ4n) is 2.63. The molecule has 0 aromatic rings. The lowest BCUT2D eigenvalue weighted by atomic mass is 9.74. The Morgan fingerprint density at radius 3 is 2.06 bits per heavy atom. The van der Waals surface area contributed by atoms with Gasteiger partial charge >= 0.3 is 0 Å². The van der Waals surface area contributed by atoms with Crippen molar-refractivity contribution in [1.29, 1.82) is 0 Å². The van der Waals surface area contributed by atoms with Crippen LogP contribution in [0.1, 0.15) is 47.5 Å². The first-order chi connectivity index (χ1) is 8.17. The maximum atomic E-state index is 6.30. The smallest absolute Gasteiger partial charge is 0.0161 e. The molecule has 3 heteroatoms. The summed E-state index contributed by atoms with van der Waals surface area (Å²) in [6.45, 7) is 15.9. The lowest BCUT2D eigenvalue weighted by Gasteiger charge is -2.44. The van der Waals surface area contributed by atoms with Gasteiger partial charge in [0, 0.05) is 18.1 Å². The van der Waals surface area contributed by atoms with Crippen molar-refractivity contribution in [2.75, 3.05) is 33.2 Å². The molecular weight excluding hydrogens is 222 g/mol. The lowest BCUT2D eigenvalue weighted by Crippen LogP contribution is -2.54. The summed E-state index contributed by atoms with van der Waals surface area (Å²) in [5.41, 5.74) is 6.31. The predicted octanol–water partition coefficient (Wildman–Crippen LogP) is 2.17. The zero-order valence-electron chi connectivity index (χ0n) is 13.3. The van der Waals surface area contributed by atoms with Crippen LogP contribution in [0, 0.1) is 5.41 Å². The van der Waals surface area contributed by atoms with Gasteiger partial charge in [-0.1, -0.05) is 20.8 Å². The molecule has 1 saturated heterocycles. The van der Waals surface area contributed by atoms with Crippen LogP contribution in [0.25, 0.3) is 0 Å². The first-order valence-electron chi connectivity index (χ1n) is 7.39. The summed E-state index contributed by atoms with van der Waals surface area (Å²) in [5.74, 6) is 0. The summed E-state index contributed by atoms with van der Waals surface area (Å²) in [6.07, 6.45) is 2.59. The SMILES string of the molecule is CCN1CCC(N(C)CC(C)(C)C(C)(C)N)CC1. The summed E-state index contributed by atoms with van der Waals surface area (Å²) in [5, 5.41) is 0. The Labute approximate surface area is 114 Å². The van der Waals surface area contributed by atoms with Crippen LogP contribution < -0.4 is 5.73 Å². The van der Waals surface area contributed by atoms with Crippen molar-refractivity contribution in [3.05, 3.63) is 0 Å². The first-order valence-corrected chi connectivity index (χ1v) is 7.39. The normalized spacial score (nSPS) is 20.7. The molecule has 1 heterocycles. The number of hydrogen-bond donors (Lipinski definition) is 1. The van der Waals surface area contributed by atoms with Gasteiger partial charge in [0.2, 0.25) is 0 Å². The second kappa shape index (κ2) is 5.89. The van der Waals surface area contributed by atoms with Crippen LogP contribution in [0.4, 0.5) is 0 Å². The summed E-state index contributed by atoms with van der Waals surface area (Å²) in [4.78, 5) is 5.07. The van der Waals surface area contributed by atoms with E-state index in [4.69, 9.17) is 5.73 Å². The van der Waals surface area contributed by atoms with Gasteiger partial charge in [-0.3, -0.25) is 0 Å². The molecule has 0 spiro atoms. The molecule has 0 unspecified atom stereocenters. The highest BCUT2D eigenvalue weighted by Gasteiger charge is 2.36. The Kier molecular flexibility index (Phi) is 5.22. The van der Waals surface area contributed by atoms with E-state index in [1.807, 2.05) is 0 Å².